The first kappa shape index (κ1) is 27.6. The van der Waals surface area contributed by atoms with Crippen LogP contribution in [0.1, 0.15) is 0 Å². The standard InChI is InChI=1S/C16H12O3S.C13H8O2S.C3H5ClO/c17-16-12-3-1-2-4-14(12)20-15-6-5-10(7-13(15)16)18-8-11-9-19-11;14-8-5-6-12-10(7-8)13(15)9-3-1-2-4-11(9)16-12;4-1-3-2-5-3/h1-7,11H,8-9H2;1-7,14H;3H,1-2H2. The highest BCUT2D eigenvalue weighted by molar-refractivity contribution is 7.24. The van der Waals surface area contributed by atoms with Crippen LogP contribution in [0.4, 0.5) is 0 Å². The Morgan fingerprint density at radius 3 is 1.76 bits per heavy atom. The zero-order chi connectivity index (χ0) is 28.3. The topological polar surface area (TPSA) is 88.7 Å². The van der Waals surface area contributed by atoms with Gasteiger partial charge >= 0.3 is 0 Å². The van der Waals surface area contributed by atoms with Crippen LogP contribution in [0.2, 0.25) is 0 Å². The highest BCUT2D eigenvalue weighted by atomic mass is 35.5. The van der Waals surface area contributed by atoms with Gasteiger partial charge in [0.25, 0.3) is 0 Å². The number of hydrogen-bond donors (Lipinski definition) is 1. The van der Waals surface area contributed by atoms with E-state index in [0.29, 0.717) is 29.4 Å². The largest absolute Gasteiger partial charge is 0.508 e. The number of rotatable bonds is 4. The second-order valence-electron chi connectivity index (χ2n) is 9.57. The quantitative estimate of drug-likeness (QED) is 0.133. The number of phenolic OH excluding ortho intramolecular Hbond substituents is 1. The average Bonchev–Trinajstić information content (AvgIpc) is 3.93. The molecule has 2 fully saturated rings. The maximum Gasteiger partial charge on any atom is 0.196 e. The highest BCUT2D eigenvalue weighted by Gasteiger charge is 2.23. The Hall–Kier alpha value is -3.53. The molecule has 2 atom stereocenters. The summed E-state index contributed by atoms with van der Waals surface area (Å²) >= 11 is 8.47. The maximum absolute atomic E-state index is 12.5. The number of epoxide rings is 2. The second-order valence-corrected chi connectivity index (χ2v) is 12.0. The molecule has 4 aromatic carbocycles. The Kier molecular flexibility index (Phi) is 8.18. The second kappa shape index (κ2) is 12.1. The third kappa shape index (κ3) is 6.53. The van der Waals surface area contributed by atoms with Gasteiger partial charge in [0.05, 0.1) is 25.2 Å². The molecule has 41 heavy (non-hydrogen) atoms. The molecule has 0 bridgehead atoms. The van der Waals surface area contributed by atoms with E-state index in [4.69, 9.17) is 25.8 Å². The zero-order valence-electron chi connectivity index (χ0n) is 21.7. The van der Waals surface area contributed by atoms with Gasteiger partial charge in [-0.1, -0.05) is 24.3 Å². The number of hydrogen-bond acceptors (Lipinski definition) is 8. The summed E-state index contributed by atoms with van der Waals surface area (Å²) in [5.74, 6) is 1.53. The highest BCUT2D eigenvalue weighted by Crippen LogP contribution is 2.28. The maximum atomic E-state index is 12.5. The number of halogens is 1. The molecule has 0 saturated carbocycles. The molecule has 2 aromatic heterocycles. The molecule has 2 aliphatic rings. The van der Waals surface area contributed by atoms with Gasteiger partial charge in [-0.25, -0.2) is 0 Å². The molecule has 0 radical (unpaired) electrons. The Morgan fingerprint density at radius 1 is 0.707 bits per heavy atom. The summed E-state index contributed by atoms with van der Waals surface area (Å²) < 4.78 is 19.4. The van der Waals surface area contributed by atoms with Crippen LogP contribution in [-0.2, 0) is 9.47 Å². The summed E-state index contributed by atoms with van der Waals surface area (Å²) in [6, 6.07) is 25.9. The third-order valence-electron chi connectivity index (χ3n) is 6.52. The molecule has 2 saturated heterocycles. The van der Waals surface area contributed by atoms with E-state index in [1.807, 2.05) is 66.7 Å². The van der Waals surface area contributed by atoms with Gasteiger partial charge in [0.2, 0.25) is 0 Å². The van der Waals surface area contributed by atoms with Crippen LogP contribution in [0.15, 0.2) is 94.5 Å². The molecule has 208 valence electrons. The Morgan fingerprint density at radius 2 is 1.22 bits per heavy atom. The van der Waals surface area contributed by atoms with Crippen molar-refractivity contribution in [2.24, 2.45) is 0 Å². The lowest BCUT2D eigenvalue weighted by atomic mass is 10.2. The fraction of sp³-hybridized carbons (Fsp3) is 0.188. The molecule has 9 heteroatoms. The fourth-order valence-electron chi connectivity index (χ4n) is 4.17. The predicted molar refractivity (Wildman–Crippen MR) is 169 cm³/mol. The van der Waals surface area contributed by atoms with Crippen molar-refractivity contribution in [1.29, 1.82) is 0 Å². The molecular weight excluding hydrogens is 580 g/mol. The summed E-state index contributed by atoms with van der Waals surface area (Å²) in [5.41, 5.74) is 0.0581. The lowest BCUT2D eigenvalue weighted by Crippen LogP contribution is -2.05. The summed E-state index contributed by atoms with van der Waals surface area (Å²) in [6.07, 6.45) is 0.619. The normalized spacial score (nSPS) is 17.0. The van der Waals surface area contributed by atoms with Crippen LogP contribution in [0.3, 0.4) is 0 Å². The average molecular weight is 605 g/mol. The van der Waals surface area contributed by atoms with Gasteiger partial charge in [-0.2, -0.15) is 0 Å². The minimum absolute atomic E-state index is 0.0137. The van der Waals surface area contributed by atoms with E-state index in [2.05, 4.69) is 0 Å². The molecule has 0 spiro atoms. The molecule has 0 amide bonds. The Bertz CT molecular complexity index is 1980. The molecule has 6 aromatic rings. The summed E-state index contributed by atoms with van der Waals surface area (Å²) in [7, 11) is 0. The minimum atomic E-state index is -0.0137. The molecule has 2 unspecified atom stereocenters. The fourth-order valence-corrected chi connectivity index (χ4v) is 6.46. The van der Waals surface area contributed by atoms with E-state index in [1.165, 1.54) is 6.07 Å². The van der Waals surface area contributed by atoms with Crippen molar-refractivity contribution in [2.45, 2.75) is 12.2 Å². The van der Waals surface area contributed by atoms with Gasteiger partial charge in [-0.15, -0.1) is 34.3 Å². The number of alkyl halides is 1. The number of phenols is 1. The molecule has 6 nitrogen and oxygen atoms in total. The van der Waals surface area contributed by atoms with Crippen molar-refractivity contribution in [2.75, 3.05) is 25.7 Å². The van der Waals surface area contributed by atoms with Crippen molar-refractivity contribution < 1.29 is 19.3 Å². The lowest BCUT2D eigenvalue weighted by Gasteiger charge is -2.06. The first-order valence-corrected chi connectivity index (χ1v) is 15.2. The molecule has 8 rings (SSSR count). The Balaban J connectivity index is 0.000000128. The van der Waals surface area contributed by atoms with E-state index >= 15 is 0 Å². The van der Waals surface area contributed by atoms with Gasteiger partial charge in [0, 0.05) is 40.3 Å². The monoisotopic (exact) mass is 604 g/mol. The van der Waals surface area contributed by atoms with E-state index < -0.39 is 0 Å². The number of benzene rings is 4. The van der Waals surface area contributed by atoms with Gasteiger partial charge < -0.3 is 19.3 Å². The van der Waals surface area contributed by atoms with Crippen molar-refractivity contribution in [3.63, 3.8) is 0 Å². The van der Waals surface area contributed by atoms with Crippen LogP contribution >= 0.6 is 34.3 Å². The zero-order valence-corrected chi connectivity index (χ0v) is 24.1. The summed E-state index contributed by atoms with van der Waals surface area (Å²) in [6.45, 7) is 2.20. The summed E-state index contributed by atoms with van der Waals surface area (Å²) in [5, 5.41) is 12.2. The van der Waals surface area contributed by atoms with Crippen LogP contribution in [0.25, 0.3) is 40.3 Å². The van der Waals surface area contributed by atoms with Crippen molar-refractivity contribution in [3.05, 3.63) is 105 Å². The van der Waals surface area contributed by atoms with Gasteiger partial charge in [-0.3, -0.25) is 9.59 Å². The number of aromatic hydroxyl groups is 1. The molecular formula is C32H25ClO6S2. The van der Waals surface area contributed by atoms with Gasteiger partial charge in [0.15, 0.2) is 10.9 Å². The molecule has 2 aliphatic heterocycles. The first-order chi connectivity index (χ1) is 20.0. The van der Waals surface area contributed by atoms with Crippen molar-refractivity contribution >= 4 is 74.6 Å². The predicted octanol–water partition coefficient (Wildman–Crippen LogP) is 6.94. The SMILES string of the molecule is ClCC1CO1.O=c1c2ccccc2sc2ccc(O)cc12.O=c1c2ccccc2sc2ccc(OCC3CO3)cc12. The van der Waals surface area contributed by atoms with Gasteiger partial charge in [0.1, 0.15) is 24.2 Å². The van der Waals surface area contributed by atoms with E-state index in [9.17, 15) is 14.7 Å². The smallest absolute Gasteiger partial charge is 0.196 e. The van der Waals surface area contributed by atoms with E-state index in [-0.39, 0.29) is 22.7 Å². The van der Waals surface area contributed by atoms with Crippen molar-refractivity contribution in [3.8, 4) is 11.5 Å². The lowest BCUT2D eigenvalue weighted by molar-refractivity contribution is 0.263. The molecule has 4 heterocycles. The summed E-state index contributed by atoms with van der Waals surface area (Å²) in [4.78, 5) is 24.7. The van der Waals surface area contributed by atoms with Crippen LogP contribution in [-0.4, -0.2) is 43.0 Å². The van der Waals surface area contributed by atoms with Crippen molar-refractivity contribution in [1.82, 2.24) is 0 Å². The third-order valence-corrected chi connectivity index (χ3v) is 9.17. The Labute approximate surface area is 247 Å². The molecule has 1 N–H and O–H groups in total. The number of fused-ring (bicyclic) bond motifs is 4. The van der Waals surface area contributed by atoms with E-state index in [0.717, 1.165) is 48.5 Å². The van der Waals surface area contributed by atoms with Crippen LogP contribution in [0, 0.1) is 0 Å². The first-order valence-electron chi connectivity index (χ1n) is 13.0. The number of ether oxygens (including phenoxy) is 3. The molecule has 0 aliphatic carbocycles. The van der Waals surface area contributed by atoms with Crippen LogP contribution < -0.4 is 15.6 Å². The van der Waals surface area contributed by atoms with Gasteiger partial charge in [-0.05, 0) is 60.7 Å². The minimum Gasteiger partial charge on any atom is -0.508 e. The van der Waals surface area contributed by atoms with Crippen LogP contribution in [0.5, 0.6) is 11.5 Å². The van der Waals surface area contributed by atoms with E-state index in [1.54, 1.807) is 34.8 Å².